The molecular formula is C38H45N3O11S3. The Labute approximate surface area is 322 Å². The standard InChI is InChI=1S/C38H45N3O11S3/c1-37(2)21-27(23-54(46,47)48)29-18-31-33(20-35(29)41(37)22-25-8-10-28(11-9-25)55(49,50)51)38(3,4)32-19-34-26(7-5-13-40(34)14-6-15-52-24-42)17-30(32)36(31)39-12-16-53(43,44)45/h8-11,17-21,24H,5-7,12-16,22-23H2,1-4H3,(H,43,44,45)(H,46,47,48)(H,49,50,51). The summed E-state index contributed by atoms with van der Waals surface area (Å²) in [6.45, 7) is 10.2. The van der Waals surface area contributed by atoms with Gasteiger partial charge in [-0.3, -0.25) is 23.4 Å². The summed E-state index contributed by atoms with van der Waals surface area (Å²) in [5, 5.41) is 0. The van der Waals surface area contributed by atoms with Gasteiger partial charge >= 0.3 is 0 Å². The van der Waals surface area contributed by atoms with Crippen LogP contribution in [-0.2, 0) is 58.3 Å². The van der Waals surface area contributed by atoms with Crippen LogP contribution in [0.15, 0.2) is 64.5 Å². The Kier molecular flexibility index (Phi) is 10.9. The van der Waals surface area contributed by atoms with Crippen LogP contribution in [0.3, 0.4) is 0 Å². The Morgan fingerprint density at radius 2 is 1.51 bits per heavy atom. The van der Waals surface area contributed by atoms with Crippen molar-refractivity contribution in [2.24, 2.45) is 4.99 Å². The van der Waals surface area contributed by atoms with Gasteiger partial charge in [-0.2, -0.15) is 25.3 Å². The van der Waals surface area contributed by atoms with Crippen molar-refractivity contribution in [1.29, 1.82) is 0 Å². The van der Waals surface area contributed by atoms with E-state index in [1.165, 1.54) is 12.1 Å². The molecule has 0 saturated carbocycles. The summed E-state index contributed by atoms with van der Waals surface area (Å²) in [7, 11) is -13.3. The Bertz CT molecular complexity index is 2420. The second-order valence-corrected chi connectivity index (χ2v) is 19.7. The van der Waals surface area contributed by atoms with Crippen LogP contribution in [0.25, 0.3) is 5.57 Å². The first-order chi connectivity index (χ1) is 25.6. The van der Waals surface area contributed by atoms with Gasteiger partial charge < -0.3 is 14.5 Å². The zero-order valence-electron chi connectivity index (χ0n) is 31.0. The molecule has 1 aliphatic carbocycles. The average Bonchev–Trinajstić information content (AvgIpc) is 3.07. The van der Waals surface area contributed by atoms with E-state index in [-0.39, 0.29) is 18.0 Å². The van der Waals surface area contributed by atoms with E-state index in [0.29, 0.717) is 59.7 Å². The van der Waals surface area contributed by atoms with Crippen LogP contribution in [0.1, 0.15) is 79.5 Å². The number of benzene rings is 3. The van der Waals surface area contributed by atoms with Crippen LogP contribution in [-0.4, -0.2) is 94.4 Å². The van der Waals surface area contributed by atoms with Crippen molar-refractivity contribution in [2.45, 2.75) is 69.4 Å². The molecule has 6 rings (SSSR count). The molecule has 2 aliphatic heterocycles. The SMILES string of the molecule is CC1(C)c2cc3c(cc2C(=NCCS(=O)(=O)O)c2cc4c(cc21)N(Cc1ccc(S(=O)(=O)O)cc1)C(C)(C)C=C4CS(=O)(=O)O)CCCN3CCCOC=O. The first-order valence-electron chi connectivity index (χ1n) is 17.8. The van der Waals surface area contributed by atoms with Crippen LogP contribution >= 0.6 is 0 Å². The molecule has 296 valence electrons. The fraction of sp³-hybridized carbons (Fsp3) is 0.421. The van der Waals surface area contributed by atoms with Gasteiger partial charge in [-0.25, -0.2) is 0 Å². The Balaban J connectivity index is 1.56. The topological polar surface area (TPSA) is 208 Å². The number of aliphatic imine (C=N–C) groups is 1. The van der Waals surface area contributed by atoms with E-state index in [1.54, 1.807) is 18.2 Å². The van der Waals surface area contributed by atoms with Crippen LogP contribution in [0.5, 0.6) is 0 Å². The van der Waals surface area contributed by atoms with Crippen molar-refractivity contribution in [3.63, 3.8) is 0 Å². The van der Waals surface area contributed by atoms with Gasteiger partial charge in [-0.1, -0.05) is 32.1 Å². The predicted octanol–water partition coefficient (Wildman–Crippen LogP) is 4.68. The number of anilines is 2. The minimum atomic E-state index is -4.50. The highest BCUT2D eigenvalue weighted by Crippen LogP contribution is 2.50. The van der Waals surface area contributed by atoms with Crippen LogP contribution in [0.4, 0.5) is 11.4 Å². The molecule has 0 amide bonds. The van der Waals surface area contributed by atoms with Crippen LogP contribution in [0, 0.1) is 0 Å². The minimum Gasteiger partial charge on any atom is -0.468 e. The molecule has 0 unspecified atom stereocenters. The highest BCUT2D eigenvalue weighted by molar-refractivity contribution is 7.86. The van der Waals surface area contributed by atoms with Gasteiger partial charge in [-0.05, 0) is 97.3 Å². The van der Waals surface area contributed by atoms with Crippen molar-refractivity contribution in [3.8, 4) is 0 Å². The van der Waals surface area contributed by atoms with Crippen molar-refractivity contribution < 1.29 is 48.4 Å². The molecule has 55 heavy (non-hydrogen) atoms. The largest absolute Gasteiger partial charge is 0.468 e. The lowest BCUT2D eigenvalue weighted by atomic mass is 9.66. The fourth-order valence-corrected chi connectivity index (χ4v) is 9.44. The molecule has 2 heterocycles. The molecule has 3 aliphatic rings. The fourth-order valence-electron chi connectivity index (χ4n) is 8.00. The summed E-state index contributed by atoms with van der Waals surface area (Å²) < 4.78 is 106. The number of carbonyl (C=O) groups excluding carboxylic acids is 1. The summed E-state index contributed by atoms with van der Waals surface area (Å²) in [5.41, 5.74) is 6.48. The first kappa shape index (κ1) is 40.5. The smallest absolute Gasteiger partial charge is 0.294 e. The quantitative estimate of drug-likeness (QED) is 0.122. The first-order valence-corrected chi connectivity index (χ1v) is 22.4. The van der Waals surface area contributed by atoms with E-state index in [9.17, 15) is 43.7 Å². The molecule has 0 saturated heterocycles. The number of nitrogens with zero attached hydrogens (tertiary/aromatic N) is 3. The molecule has 0 spiro atoms. The molecule has 3 aromatic rings. The molecule has 0 aromatic heterocycles. The normalized spacial score (nSPS) is 18.2. The molecule has 3 aromatic carbocycles. The van der Waals surface area contributed by atoms with Gasteiger partial charge in [0.15, 0.2) is 0 Å². The number of hydrogen-bond acceptors (Lipinski definition) is 11. The maximum atomic E-state index is 12.4. The molecular weight excluding hydrogens is 771 g/mol. The number of fused-ring (bicyclic) bond motifs is 4. The van der Waals surface area contributed by atoms with Gasteiger partial charge in [0.05, 0.1) is 35.1 Å². The average molecular weight is 816 g/mol. The molecule has 17 heteroatoms. The lowest BCUT2D eigenvalue weighted by molar-refractivity contribution is -0.128. The maximum Gasteiger partial charge on any atom is 0.294 e. The summed E-state index contributed by atoms with van der Waals surface area (Å²) in [6.07, 6.45) is 4.08. The summed E-state index contributed by atoms with van der Waals surface area (Å²) in [4.78, 5) is 19.6. The summed E-state index contributed by atoms with van der Waals surface area (Å²) in [6, 6.07) is 13.8. The summed E-state index contributed by atoms with van der Waals surface area (Å²) in [5.74, 6) is -1.28. The number of ether oxygens (including phenoxy) is 1. The predicted molar refractivity (Wildman–Crippen MR) is 210 cm³/mol. The van der Waals surface area contributed by atoms with Crippen molar-refractivity contribution >= 4 is 59.5 Å². The number of hydrogen-bond donors (Lipinski definition) is 3. The lowest BCUT2D eigenvalue weighted by Crippen LogP contribution is -2.45. The minimum absolute atomic E-state index is 0.239. The molecule has 0 bridgehead atoms. The molecule has 3 N–H and O–H groups in total. The Hall–Kier alpha value is -4.13. The molecule has 0 radical (unpaired) electrons. The monoisotopic (exact) mass is 815 g/mol. The zero-order chi connectivity index (χ0) is 40.1. The number of aryl methyl sites for hydroxylation is 1. The van der Waals surface area contributed by atoms with Gasteiger partial charge in [0.25, 0.3) is 36.8 Å². The van der Waals surface area contributed by atoms with E-state index in [0.717, 1.165) is 47.3 Å². The van der Waals surface area contributed by atoms with Crippen molar-refractivity contribution in [2.75, 3.05) is 47.5 Å². The number of rotatable bonds is 13. The van der Waals surface area contributed by atoms with Gasteiger partial charge in [0, 0.05) is 53.1 Å². The highest BCUT2D eigenvalue weighted by atomic mass is 32.2. The van der Waals surface area contributed by atoms with E-state index in [4.69, 9.17) is 9.73 Å². The molecule has 0 atom stereocenters. The third kappa shape index (κ3) is 8.66. The second-order valence-electron chi connectivity index (χ2n) is 15.2. The van der Waals surface area contributed by atoms with Crippen LogP contribution < -0.4 is 9.80 Å². The van der Waals surface area contributed by atoms with Crippen molar-refractivity contribution in [1.82, 2.24) is 0 Å². The summed E-state index contributed by atoms with van der Waals surface area (Å²) >= 11 is 0. The third-order valence-corrected chi connectivity index (χ3v) is 12.8. The zero-order valence-corrected chi connectivity index (χ0v) is 33.5. The van der Waals surface area contributed by atoms with Crippen molar-refractivity contribution in [3.05, 3.63) is 93.6 Å². The van der Waals surface area contributed by atoms with Crippen LogP contribution in [0.2, 0.25) is 0 Å². The van der Waals surface area contributed by atoms with E-state index < -0.39 is 52.8 Å². The third-order valence-electron chi connectivity index (χ3n) is 10.6. The highest BCUT2D eigenvalue weighted by Gasteiger charge is 2.41. The van der Waals surface area contributed by atoms with Gasteiger partial charge in [0.2, 0.25) is 0 Å². The number of carbonyl (C=O) groups is 1. The molecule has 0 fully saturated rings. The lowest BCUT2D eigenvalue weighted by Gasteiger charge is -2.46. The van der Waals surface area contributed by atoms with Gasteiger partial charge in [-0.15, -0.1) is 0 Å². The Morgan fingerprint density at radius 1 is 0.855 bits per heavy atom. The van der Waals surface area contributed by atoms with E-state index in [2.05, 4.69) is 35.8 Å². The molecule has 14 nitrogen and oxygen atoms in total. The van der Waals surface area contributed by atoms with E-state index >= 15 is 0 Å². The maximum absolute atomic E-state index is 12.4. The Morgan fingerprint density at radius 3 is 2.13 bits per heavy atom. The van der Waals surface area contributed by atoms with Gasteiger partial charge in [0.1, 0.15) is 5.75 Å². The van der Waals surface area contributed by atoms with E-state index in [1.807, 2.05) is 26.0 Å². The second kappa shape index (κ2) is 14.7.